The zero-order valence-corrected chi connectivity index (χ0v) is 9.76. The minimum atomic E-state index is -1.27. The molecule has 0 radical (unpaired) electrons. The van der Waals surface area contributed by atoms with Gasteiger partial charge in [-0.05, 0) is 6.07 Å². The molecule has 100 valence electrons. The van der Waals surface area contributed by atoms with E-state index < -0.39 is 18.8 Å². The zero-order chi connectivity index (χ0) is 13.6. The van der Waals surface area contributed by atoms with Crippen molar-refractivity contribution in [2.45, 2.75) is 12.2 Å². The van der Waals surface area contributed by atoms with Gasteiger partial charge in [-0.1, -0.05) is 0 Å². The van der Waals surface area contributed by atoms with E-state index in [1.54, 1.807) is 6.07 Å². The highest BCUT2D eigenvalue weighted by atomic mass is 16.5. The summed E-state index contributed by atoms with van der Waals surface area (Å²) < 4.78 is 6.76. The number of aliphatic hydroxyl groups is 3. The molecule has 2 atom stereocenters. The molecule has 0 spiro atoms. The van der Waals surface area contributed by atoms with Crippen LogP contribution < -0.4 is 5.73 Å². The summed E-state index contributed by atoms with van der Waals surface area (Å²) in [6.07, 6.45) is 0.742. The van der Waals surface area contributed by atoms with Crippen molar-refractivity contribution in [1.29, 1.82) is 0 Å². The maximum absolute atomic E-state index is 9.86. The second kappa shape index (κ2) is 4.11. The van der Waals surface area contributed by atoms with Gasteiger partial charge in [0.2, 0.25) is 5.88 Å². The summed E-state index contributed by atoms with van der Waals surface area (Å²) in [5.74, 6) is -0.0676. The van der Waals surface area contributed by atoms with Crippen LogP contribution >= 0.6 is 0 Å². The zero-order valence-electron chi connectivity index (χ0n) is 9.76. The summed E-state index contributed by atoms with van der Waals surface area (Å²) >= 11 is 0. The number of hydrogen-bond donors (Lipinski definition) is 4. The third-order valence-electron chi connectivity index (χ3n) is 3.01. The van der Waals surface area contributed by atoms with Crippen LogP contribution in [0.1, 0.15) is 0 Å². The maximum atomic E-state index is 9.86. The van der Waals surface area contributed by atoms with Crippen LogP contribution in [0.15, 0.2) is 24.3 Å². The highest BCUT2D eigenvalue weighted by Crippen LogP contribution is 2.30. The van der Waals surface area contributed by atoms with Crippen molar-refractivity contribution < 1.29 is 20.1 Å². The summed E-state index contributed by atoms with van der Waals surface area (Å²) in [4.78, 5) is 7.98. The van der Waals surface area contributed by atoms with Crippen molar-refractivity contribution in [1.82, 2.24) is 14.5 Å². The van der Waals surface area contributed by atoms with Crippen LogP contribution in [0, 0.1) is 0 Å². The molecule has 3 rings (SSSR count). The van der Waals surface area contributed by atoms with Crippen LogP contribution in [0.4, 0.5) is 5.82 Å². The number of fused-ring (bicyclic) bond motifs is 1. The smallest absolute Gasteiger partial charge is 0.241 e. The number of anilines is 1. The molecule has 19 heavy (non-hydrogen) atoms. The number of pyridine rings is 1. The predicted molar refractivity (Wildman–Crippen MR) is 65.8 cm³/mol. The quantitative estimate of drug-likeness (QED) is 0.573. The van der Waals surface area contributed by atoms with Gasteiger partial charge in [-0.3, -0.25) is 4.57 Å². The number of hydrogen-bond acceptors (Lipinski definition) is 7. The molecule has 2 aromatic heterocycles. The van der Waals surface area contributed by atoms with Gasteiger partial charge in [0.05, 0.1) is 12.1 Å². The fourth-order valence-electron chi connectivity index (χ4n) is 2.01. The summed E-state index contributed by atoms with van der Waals surface area (Å²) in [5, 5.41) is 28.6. The van der Waals surface area contributed by atoms with Crippen molar-refractivity contribution in [3.63, 3.8) is 0 Å². The van der Waals surface area contributed by atoms with Gasteiger partial charge in [-0.25, -0.2) is 9.97 Å². The fourth-order valence-corrected chi connectivity index (χ4v) is 2.01. The number of imidazole rings is 1. The average molecular weight is 264 g/mol. The topological polar surface area (TPSA) is 127 Å². The van der Waals surface area contributed by atoms with Crippen molar-refractivity contribution >= 4 is 22.7 Å². The van der Waals surface area contributed by atoms with E-state index >= 15 is 0 Å². The Morgan fingerprint density at radius 2 is 2.21 bits per heavy atom. The van der Waals surface area contributed by atoms with E-state index in [4.69, 9.17) is 15.6 Å². The number of nitrogen functional groups attached to an aromatic ring is 1. The first kappa shape index (κ1) is 11.8. The molecule has 1 aliphatic rings. The lowest BCUT2D eigenvalue weighted by molar-refractivity contribution is 0.0140. The Kier molecular flexibility index (Phi) is 2.54. The third kappa shape index (κ3) is 1.61. The van der Waals surface area contributed by atoms with Crippen molar-refractivity contribution in [2.24, 2.45) is 0 Å². The minimum Gasteiger partial charge on any atom is -0.505 e. The Balaban J connectivity index is 2.13. The number of rotatable bonds is 2. The van der Waals surface area contributed by atoms with Crippen molar-refractivity contribution in [2.75, 3.05) is 12.3 Å². The molecule has 0 saturated heterocycles. The Morgan fingerprint density at radius 3 is 2.89 bits per heavy atom. The molecule has 1 unspecified atom stereocenters. The molecule has 0 amide bonds. The van der Waals surface area contributed by atoms with E-state index in [-0.39, 0.29) is 17.5 Å². The van der Waals surface area contributed by atoms with Gasteiger partial charge in [-0.15, -0.1) is 0 Å². The number of nitrogens with zero attached hydrogens (tertiary/aromatic N) is 3. The average Bonchev–Trinajstić information content (AvgIpc) is 2.94. The summed E-state index contributed by atoms with van der Waals surface area (Å²) in [7, 11) is 0. The molecule has 3 heterocycles. The summed E-state index contributed by atoms with van der Waals surface area (Å²) in [5.41, 5.74) is 6.74. The minimum absolute atomic E-state index is 0.0275. The first-order valence-electron chi connectivity index (χ1n) is 5.60. The first-order chi connectivity index (χ1) is 9.13. The number of aromatic nitrogens is 3. The number of aliphatic hydroxyl groups excluding tert-OH is 3. The molecule has 0 bridgehead atoms. The Bertz CT molecular complexity index is 666. The van der Waals surface area contributed by atoms with Gasteiger partial charge < -0.3 is 25.8 Å². The van der Waals surface area contributed by atoms with Crippen LogP contribution in [-0.4, -0.2) is 48.7 Å². The largest absolute Gasteiger partial charge is 0.505 e. The highest BCUT2D eigenvalue weighted by Gasteiger charge is 2.36. The third-order valence-corrected chi connectivity index (χ3v) is 3.01. The van der Waals surface area contributed by atoms with E-state index in [2.05, 4.69) is 9.97 Å². The molecule has 0 fully saturated rings. The molecular formula is C11H12N4O4. The van der Waals surface area contributed by atoms with Crippen LogP contribution in [0.25, 0.3) is 16.9 Å². The second-order valence-corrected chi connectivity index (χ2v) is 4.15. The lowest BCUT2D eigenvalue weighted by Gasteiger charge is -2.12. The van der Waals surface area contributed by atoms with Gasteiger partial charge in [0.25, 0.3) is 0 Å². The Morgan fingerprint density at radius 1 is 1.42 bits per heavy atom. The Labute approximate surface area is 107 Å². The number of nitrogens with two attached hydrogens (primary N) is 1. The van der Waals surface area contributed by atoms with E-state index in [9.17, 15) is 10.2 Å². The van der Waals surface area contributed by atoms with E-state index in [0.29, 0.717) is 11.0 Å². The normalized spacial score (nSPS) is 23.1. The SMILES string of the molecule is Nc1nccc2c1ncn2C1=C(O)C(O)[C@@H](CO)O1. The second-order valence-electron chi connectivity index (χ2n) is 4.15. The van der Waals surface area contributed by atoms with E-state index in [1.807, 2.05) is 0 Å². The standard InChI is InChI=1S/C11H12N4O4/c12-10-7-5(1-2-13-10)15(4-14-7)11-9(18)8(17)6(3-16)19-11/h1-2,4,6,8,16-18H,3H2,(H2,12,13)/t6-,8?/m1/s1. The molecule has 8 nitrogen and oxygen atoms in total. The van der Waals surface area contributed by atoms with Crippen LogP contribution in [0.2, 0.25) is 0 Å². The van der Waals surface area contributed by atoms with Gasteiger partial charge in [0.15, 0.2) is 23.8 Å². The molecular weight excluding hydrogens is 252 g/mol. The van der Waals surface area contributed by atoms with Gasteiger partial charge in [0.1, 0.15) is 11.8 Å². The van der Waals surface area contributed by atoms with E-state index in [0.717, 1.165) is 0 Å². The van der Waals surface area contributed by atoms with Crippen LogP contribution in [0.3, 0.4) is 0 Å². The molecule has 8 heteroatoms. The fraction of sp³-hybridized carbons (Fsp3) is 0.273. The van der Waals surface area contributed by atoms with Gasteiger partial charge in [0, 0.05) is 6.20 Å². The Hall–Kier alpha value is -2.32. The van der Waals surface area contributed by atoms with Gasteiger partial charge in [-0.2, -0.15) is 0 Å². The molecule has 0 aromatic carbocycles. The van der Waals surface area contributed by atoms with Crippen molar-refractivity contribution in [3.05, 3.63) is 24.3 Å². The molecule has 2 aromatic rings. The predicted octanol–water partition coefficient (Wildman–Crippen LogP) is -0.550. The van der Waals surface area contributed by atoms with Crippen LogP contribution in [-0.2, 0) is 4.74 Å². The maximum Gasteiger partial charge on any atom is 0.241 e. The molecule has 1 aliphatic heterocycles. The van der Waals surface area contributed by atoms with Gasteiger partial charge >= 0.3 is 0 Å². The summed E-state index contributed by atoms with van der Waals surface area (Å²) in [6, 6.07) is 1.65. The highest BCUT2D eigenvalue weighted by molar-refractivity contribution is 5.86. The summed E-state index contributed by atoms with van der Waals surface area (Å²) in [6.45, 7) is -0.412. The van der Waals surface area contributed by atoms with Crippen molar-refractivity contribution in [3.8, 4) is 0 Å². The lowest BCUT2D eigenvalue weighted by Crippen LogP contribution is -2.27. The molecule has 0 saturated carbocycles. The van der Waals surface area contributed by atoms with E-state index in [1.165, 1.54) is 17.1 Å². The monoisotopic (exact) mass is 264 g/mol. The number of ether oxygens (including phenoxy) is 1. The molecule has 0 aliphatic carbocycles. The first-order valence-corrected chi connectivity index (χ1v) is 5.60. The van der Waals surface area contributed by atoms with Crippen LogP contribution in [0.5, 0.6) is 0 Å². The lowest BCUT2D eigenvalue weighted by atomic mass is 10.2. The molecule has 5 N–H and O–H groups in total.